The van der Waals surface area contributed by atoms with Crippen molar-refractivity contribution in [3.8, 4) is 0 Å². The van der Waals surface area contributed by atoms with Gasteiger partial charge in [-0.3, -0.25) is 4.79 Å². The lowest BCUT2D eigenvalue weighted by molar-refractivity contribution is -0.129. The summed E-state index contributed by atoms with van der Waals surface area (Å²) >= 11 is 0. The topological polar surface area (TPSA) is 69.7 Å². The van der Waals surface area contributed by atoms with Gasteiger partial charge in [-0.15, -0.1) is 0 Å². The Bertz CT molecular complexity index is 459. The first kappa shape index (κ1) is 13.3. The summed E-state index contributed by atoms with van der Waals surface area (Å²) < 4.78 is 28.8. The molecule has 0 bridgehead atoms. The van der Waals surface area contributed by atoms with E-state index in [4.69, 9.17) is 0 Å². The third-order valence-corrected chi connectivity index (χ3v) is 6.08. The van der Waals surface area contributed by atoms with Crippen molar-refractivity contribution in [2.24, 2.45) is 0 Å². The summed E-state index contributed by atoms with van der Waals surface area (Å²) in [5.41, 5.74) is 0. The van der Waals surface area contributed by atoms with Crippen LogP contribution >= 0.6 is 0 Å². The molecule has 3 aliphatic rings. The molecule has 2 atom stereocenters. The van der Waals surface area contributed by atoms with E-state index in [1.54, 1.807) is 0 Å². The molecule has 0 aromatic rings. The molecule has 7 heteroatoms. The Hall–Kier alpha value is -0.660. The lowest BCUT2D eigenvalue weighted by Gasteiger charge is -2.33. The fourth-order valence-electron chi connectivity index (χ4n) is 3.44. The van der Waals surface area contributed by atoms with Gasteiger partial charge in [-0.1, -0.05) is 0 Å². The Morgan fingerprint density at radius 1 is 1.05 bits per heavy atom. The zero-order chi connectivity index (χ0) is 13.5. The molecule has 6 nitrogen and oxygen atoms in total. The summed E-state index contributed by atoms with van der Waals surface area (Å²) in [6.45, 7) is 1.99. The number of carbonyl (C=O) groups excluding carboxylic acids is 1. The molecule has 3 aliphatic heterocycles. The third kappa shape index (κ3) is 2.51. The van der Waals surface area contributed by atoms with Crippen LogP contribution in [0, 0.1) is 0 Å². The monoisotopic (exact) mass is 287 g/mol. The molecule has 0 spiro atoms. The quantitative estimate of drug-likeness (QED) is 0.798. The number of hydrogen-bond acceptors (Lipinski definition) is 3. The predicted molar refractivity (Wildman–Crippen MR) is 70.6 cm³/mol. The van der Waals surface area contributed by atoms with Gasteiger partial charge in [0.15, 0.2) is 0 Å². The molecule has 108 valence electrons. The van der Waals surface area contributed by atoms with Gasteiger partial charge in [-0.05, 0) is 32.1 Å². The van der Waals surface area contributed by atoms with Crippen LogP contribution in [0.4, 0.5) is 0 Å². The molecule has 1 N–H and O–H groups in total. The van der Waals surface area contributed by atoms with E-state index < -0.39 is 10.2 Å². The van der Waals surface area contributed by atoms with E-state index in [2.05, 4.69) is 4.72 Å². The maximum Gasteiger partial charge on any atom is 0.279 e. The highest BCUT2D eigenvalue weighted by atomic mass is 32.2. The standard InChI is InChI=1S/C12H21N3O3S/c16-12-9-10(11-5-1-2-8-15(11)12)13-19(17,18)14-6-3-4-7-14/h10-11,13H,1-9H2. The van der Waals surface area contributed by atoms with E-state index in [1.165, 1.54) is 4.31 Å². The summed E-state index contributed by atoms with van der Waals surface area (Å²) in [5.74, 6) is 0.0961. The van der Waals surface area contributed by atoms with Gasteiger partial charge in [0.05, 0.1) is 6.04 Å². The first-order valence-corrected chi connectivity index (χ1v) is 8.59. The largest absolute Gasteiger partial charge is 0.338 e. The minimum absolute atomic E-state index is 0.0682. The average molecular weight is 287 g/mol. The van der Waals surface area contributed by atoms with Gasteiger partial charge in [0.2, 0.25) is 5.91 Å². The summed E-state index contributed by atoms with van der Waals surface area (Å²) in [6.07, 6.45) is 5.21. The number of hydrogen-bond donors (Lipinski definition) is 1. The van der Waals surface area contributed by atoms with Crippen molar-refractivity contribution in [2.75, 3.05) is 19.6 Å². The maximum absolute atomic E-state index is 12.3. The SMILES string of the molecule is O=C1CC(NS(=O)(=O)N2CCCC2)C2CCCCN12. The Morgan fingerprint density at radius 2 is 1.74 bits per heavy atom. The van der Waals surface area contributed by atoms with E-state index in [9.17, 15) is 13.2 Å². The summed E-state index contributed by atoms with van der Waals surface area (Å²) in [7, 11) is -3.41. The number of rotatable bonds is 3. The molecule has 1 amide bonds. The molecule has 0 aromatic carbocycles. The van der Waals surface area contributed by atoms with Gasteiger partial charge < -0.3 is 4.90 Å². The van der Waals surface area contributed by atoms with Gasteiger partial charge >= 0.3 is 0 Å². The molecular weight excluding hydrogens is 266 g/mol. The molecule has 3 fully saturated rings. The molecule has 3 saturated heterocycles. The first-order valence-electron chi connectivity index (χ1n) is 7.15. The van der Waals surface area contributed by atoms with Crippen LogP contribution in [0.1, 0.15) is 38.5 Å². The zero-order valence-corrected chi connectivity index (χ0v) is 11.9. The number of nitrogens with one attached hydrogen (secondary N) is 1. The van der Waals surface area contributed by atoms with E-state index in [0.717, 1.165) is 38.6 Å². The normalized spacial score (nSPS) is 32.8. The van der Waals surface area contributed by atoms with Crippen LogP contribution < -0.4 is 4.72 Å². The second-order valence-corrected chi connectivity index (χ2v) is 7.39. The van der Waals surface area contributed by atoms with E-state index >= 15 is 0 Å². The Morgan fingerprint density at radius 3 is 2.47 bits per heavy atom. The number of carbonyl (C=O) groups is 1. The van der Waals surface area contributed by atoms with Gasteiger partial charge in [-0.25, -0.2) is 0 Å². The average Bonchev–Trinajstić information content (AvgIpc) is 3.00. The summed E-state index contributed by atoms with van der Waals surface area (Å²) in [6, 6.07) is -0.169. The van der Waals surface area contributed by atoms with E-state index in [-0.39, 0.29) is 18.0 Å². The molecule has 0 aliphatic carbocycles. The third-order valence-electron chi connectivity index (χ3n) is 4.43. The van der Waals surface area contributed by atoms with Crippen molar-refractivity contribution in [1.29, 1.82) is 0 Å². The maximum atomic E-state index is 12.3. The van der Waals surface area contributed by atoms with Gasteiger partial charge in [-0.2, -0.15) is 17.4 Å². The zero-order valence-electron chi connectivity index (χ0n) is 11.0. The Kier molecular flexibility index (Phi) is 3.53. The summed E-state index contributed by atoms with van der Waals surface area (Å²) in [5, 5.41) is 0. The van der Waals surface area contributed by atoms with Gasteiger partial charge in [0.25, 0.3) is 10.2 Å². The molecule has 3 heterocycles. The second-order valence-electron chi connectivity index (χ2n) is 5.69. The number of amides is 1. The van der Waals surface area contributed by atoms with E-state index in [1.807, 2.05) is 4.90 Å². The van der Waals surface area contributed by atoms with Crippen LogP contribution in [0.2, 0.25) is 0 Å². The molecule has 0 radical (unpaired) electrons. The molecule has 0 saturated carbocycles. The molecule has 0 aromatic heterocycles. The van der Waals surface area contributed by atoms with Crippen LogP contribution in [0.25, 0.3) is 0 Å². The van der Waals surface area contributed by atoms with Crippen LogP contribution in [0.15, 0.2) is 0 Å². The smallest absolute Gasteiger partial charge is 0.279 e. The second kappa shape index (κ2) is 5.03. The number of nitrogens with zero attached hydrogens (tertiary/aromatic N) is 2. The van der Waals surface area contributed by atoms with Gasteiger partial charge in [0, 0.05) is 32.1 Å². The molecule has 19 heavy (non-hydrogen) atoms. The fraction of sp³-hybridized carbons (Fsp3) is 0.917. The highest BCUT2D eigenvalue weighted by molar-refractivity contribution is 7.87. The molecule has 3 rings (SSSR count). The van der Waals surface area contributed by atoms with Crippen molar-refractivity contribution < 1.29 is 13.2 Å². The lowest BCUT2D eigenvalue weighted by Crippen LogP contribution is -2.50. The Labute approximate surface area is 114 Å². The lowest BCUT2D eigenvalue weighted by atomic mass is 10.00. The van der Waals surface area contributed by atoms with Crippen molar-refractivity contribution in [1.82, 2.24) is 13.9 Å². The van der Waals surface area contributed by atoms with Crippen LogP contribution in [0.5, 0.6) is 0 Å². The first-order chi connectivity index (χ1) is 9.08. The number of fused-ring (bicyclic) bond motifs is 1. The number of piperidine rings is 1. The minimum Gasteiger partial charge on any atom is -0.338 e. The fourth-order valence-corrected chi connectivity index (χ4v) is 4.95. The van der Waals surface area contributed by atoms with Gasteiger partial charge in [0.1, 0.15) is 0 Å². The molecular formula is C12H21N3O3S. The van der Waals surface area contributed by atoms with Crippen LogP contribution in [-0.2, 0) is 15.0 Å². The molecule has 2 unspecified atom stereocenters. The van der Waals surface area contributed by atoms with Crippen molar-refractivity contribution in [3.05, 3.63) is 0 Å². The van der Waals surface area contributed by atoms with Crippen LogP contribution in [-0.4, -0.2) is 55.2 Å². The van der Waals surface area contributed by atoms with E-state index in [0.29, 0.717) is 19.5 Å². The highest BCUT2D eigenvalue weighted by Crippen LogP contribution is 2.29. The predicted octanol–water partition coefficient (Wildman–Crippen LogP) is 0.0700. The van der Waals surface area contributed by atoms with Crippen LogP contribution in [0.3, 0.4) is 0 Å². The van der Waals surface area contributed by atoms with Crippen molar-refractivity contribution >= 4 is 16.1 Å². The summed E-state index contributed by atoms with van der Waals surface area (Å²) in [4.78, 5) is 13.8. The highest BCUT2D eigenvalue weighted by Gasteiger charge is 2.43. The Balaban J connectivity index is 1.71. The van der Waals surface area contributed by atoms with Crippen molar-refractivity contribution in [3.63, 3.8) is 0 Å². The van der Waals surface area contributed by atoms with Crippen molar-refractivity contribution in [2.45, 2.75) is 50.6 Å². The minimum atomic E-state index is -3.41.